The van der Waals surface area contributed by atoms with E-state index in [1.807, 2.05) is 22.8 Å². The number of rotatable bonds is 3. The van der Waals surface area contributed by atoms with Crippen molar-refractivity contribution in [1.82, 2.24) is 24.9 Å². The van der Waals surface area contributed by atoms with Gasteiger partial charge in [-0.2, -0.15) is 5.10 Å². The van der Waals surface area contributed by atoms with Crippen LogP contribution in [-0.2, 0) is 7.05 Å². The zero-order valence-corrected chi connectivity index (χ0v) is 14.7. The summed E-state index contributed by atoms with van der Waals surface area (Å²) in [6.45, 7) is 4.09. The Morgan fingerprint density at radius 2 is 1.96 bits per heavy atom. The van der Waals surface area contributed by atoms with Crippen molar-refractivity contribution in [2.75, 3.05) is 26.2 Å². The highest BCUT2D eigenvalue weighted by Crippen LogP contribution is 2.32. The Labute approximate surface area is 144 Å². The van der Waals surface area contributed by atoms with E-state index in [-0.39, 0.29) is 6.03 Å². The fourth-order valence-corrected chi connectivity index (χ4v) is 4.26. The maximum Gasteiger partial charge on any atom is 0.317 e. The van der Waals surface area contributed by atoms with Gasteiger partial charge in [-0.3, -0.25) is 9.58 Å². The first-order chi connectivity index (χ1) is 11.7. The van der Waals surface area contributed by atoms with Gasteiger partial charge in [-0.25, -0.2) is 4.79 Å². The van der Waals surface area contributed by atoms with Gasteiger partial charge in [0.15, 0.2) is 0 Å². The smallest absolute Gasteiger partial charge is 0.317 e. The van der Waals surface area contributed by atoms with E-state index >= 15 is 0 Å². The number of hydrogen-bond donors (Lipinski definition) is 1. The van der Waals surface area contributed by atoms with Crippen molar-refractivity contribution < 1.29 is 4.79 Å². The lowest BCUT2D eigenvalue weighted by Crippen LogP contribution is -2.54. The molecule has 3 fully saturated rings. The summed E-state index contributed by atoms with van der Waals surface area (Å²) in [5, 5.41) is 7.53. The van der Waals surface area contributed by atoms with Crippen LogP contribution in [0.25, 0.3) is 0 Å². The third-order valence-electron chi connectivity index (χ3n) is 5.78. The Balaban J connectivity index is 1.50. The van der Waals surface area contributed by atoms with E-state index in [1.165, 1.54) is 37.9 Å². The normalized spacial score (nSPS) is 28.8. The van der Waals surface area contributed by atoms with E-state index < -0.39 is 0 Å². The summed E-state index contributed by atoms with van der Waals surface area (Å²) in [6.07, 6.45) is 11.4. The van der Waals surface area contributed by atoms with Gasteiger partial charge in [-0.15, -0.1) is 0 Å². The third kappa shape index (κ3) is 3.43. The molecule has 1 aliphatic carbocycles. The number of amides is 2. The molecule has 2 atom stereocenters. The second kappa shape index (κ2) is 6.75. The molecule has 4 rings (SSSR count). The minimum absolute atomic E-state index is 0.128. The standard InChI is InChI=1S/C18H29N5O/c1-21-12-14(11-19-21)16-13-23(18(24)20-15-5-6-15)10-7-17(16)22-8-3-2-4-9-22/h11-12,15-17H,2-10,13H2,1H3,(H,20,24)/t16-,17-/m1/s1. The van der Waals surface area contributed by atoms with Gasteiger partial charge in [-0.05, 0) is 50.8 Å². The van der Waals surface area contributed by atoms with Crippen LogP contribution in [0.2, 0.25) is 0 Å². The number of nitrogens with one attached hydrogen (secondary N) is 1. The van der Waals surface area contributed by atoms with E-state index in [0.717, 1.165) is 32.4 Å². The van der Waals surface area contributed by atoms with Crippen LogP contribution in [-0.4, -0.2) is 63.9 Å². The molecule has 2 saturated heterocycles. The number of nitrogens with zero attached hydrogens (tertiary/aromatic N) is 4. The first kappa shape index (κ1) is 15.9. The molecule has 3 aliphatic rings. The van der Waals surface area contributed by atoms with Crippen LogP contribution in [0.15, 0.2) is 12.4 Å². The topological polar surface area (TPSA) is 53.4 Å². The van der Waals surface area contributed by atoms with Gasteiger partial charge in [0.1, 0.15) is 0 Å². The number of piperidine rings is 2. The van der Waals surface area contributed by atoms with Crippen molar-refractivity contribution in [3.63, 3.8) is 0 Å². The Morgan fingerprint density at radius 3 is 2.62 bits per heavy atom. The predicted octanol–water partition coefficient (Wildman–Crippen LogP) is 1.94. The maximum atomic E-state index is 12.5. The van der Waals surface area contributed by atoms with Crippen LogP contribution in [0.5, 0.6) is 0 Å². The Bertz CT molecular complexity index is 576. The van der Waals surface area contributed by atoms with E-state index in [9.17, 15) is 4.79 Å². The Kier molecular flexibility index (Phi) is 4.48. The predicted molar refractivity (Wildman–Crippen MR) is 92.9 cm³/mol. The quantitative estimate of drug-likeness (QED) is 0.921. The molecule has 3 heterocycles. The molecule has 0 spiro atoms. The molecule has 132 valence electrons. The molecule has 1 aromatic heterocycles. The number of carbonyl (C=O) groups excluding carboxylic acids is 1. The van der Waals surface area contributed by atoms with Crippen LogP contribution in [0.3, 0.4) is 0 Å². The van der Waals surface area contributed by atoms with Crippen molar-refractivity contribution in [1.29, 1.82) is 0 Å². The van der Waals surface area contributed by atoms with Gasteiger partial charge in [0.25, 0.3) is 0 Å². The van der Waals surface area contributed by atoms with Gasteiger partial charge in [0, 0.05) is 44.3 Å². The average molecular weight is 331 g/mol. The van der Waals surface area contributed by atoms with Gasteiger partial charge < -0.3 is 10.2 Å². The zero-order valence-electron chi connectivity index (χ0n) is 14.7. The fourth-order valence-electron chi connectivity index (χ4n) is 4.26. The molecular formula is C18H29N5O. The lowest BCUT2D eigenvalue weighted by molar-refractivity contribution is 0.0837. The summed E-state index contributed by atoms with van der Waals surface area (Å²) in [5.74, 6) is 0.371. The van der Waals surface area contributed by atoms with Crippen molar-refractivity contribution >= 4 is 6.03 Å². The Morgan fingerprint density at radius 1 is 1.17 bits per heavy atom. The van der Waals surface area contributed by atoms with Crippen molar-refractivity contribution in [3.05, 3.63) is 18.0 Å². The second-order valence-corrected chi connectivity index (χ2v) is 7.68. The van der Waals surface area contributed by atoms with Crippen LogP contribution in [0.4, 0.5) is 4.79 Å². The third-order valence-corrected chi connectivity index (χ3v) is 5.78. The SMILES string of the molecule is Cn1cc([C@H]2CN(C(=O)NC3CC3)CC[C@H]2N2CCCCC2)cn1. The van der Waals surface area contributed by atoms with Crippen molar-refractivity contribution in [3.8, 4) is 0 Å². The number of aromatic nitrogens is 2. The number of urea groups is 1. The molecule has 24 heavy (non-hydrogen) atoms. The zero-order chi connectivity index (χ0) is 16.5. The second-order valence-electron chi connectivity index (χ2n) is 7.68. The minimum Gasteiger partial charge on any atom is -0.335 e. The fraction of sp³-hybridized carbons (Fsp3) is 0.778. The van der Waals surface area contributed by atoms with Crippen LogP contribution < -0.4 is 5.32 Å². The van der Waals surface area contributed by atoms with E-state index in [1.54, 1.807) is 0 Å². The molecule has 1 N–H and O–H groups in total. The molecule has 0 aromatic carbocycles. The molecular weight excluding hydrogens is 302 g/mol. The van der Waals surface area contributed by atoms with Gasteiger partial charge >= 0.3 is 6.03 Å². The average Bonchev–Trinajstić information content (AvgIpc) is 3.32. The number of carbonyl (C=O) groups is 1. The molecule has 2 amide bonds. The highest BCUT2D eigenvalue weighted by atomic mass is 16.2. The molecule has 6 heteroatoms. The molecule has 1 saturated carbocycles. The van der Waals surface area contributed by atoms with Gasteiger partial charge in [-0.1, -0.05) is 6.42 Å². The largest absolute Gasteiger partial charge is 0.335 e. The van der Waals surface area contributed by atoms with Crippen LogP contribution in [0, 0.1) is 0 Å². The highest BCUT2D eigenvalue weighted by Gasteiger charge is 2.37. The summed E-state index contributed by atoms with van der Waals surface area (Å²) in [5.41, 5.74) is 1.27. The molecule has 0 unspecified atom stereocenters. The monoisotopic (exact) mass is 331 g/mol. The van der Waals surface area contributed by atoms with Gasteiger partial charge in [0.05, 0.1) is 6.20 Å². The van der Waals surface area contributed by atoms with E-state index in [2.05, 4.69) is 21.5 Å². The summed E-state index contributed by atoms with van der Waals surface area (Å²) in [4.78, 5) is 17.2. The number of aryl methyl sites for hydroxylation is 1. The summed E-state index contributed by atoms with van der Waals surface area (Å²) in [7, 11) is 1.97. The summed E-state index contributed by atoms with van der Waals surface area (Å²) < 4.78 is 1.88. The highest BCUT2D eigenvalue weighted by molar-refractivity contribution is 5.75. The van der Waals surface area contributed by atoms with Crippen molar-refractivity contribution in [2.24, 2.45) is 7.05 Å². The first-order valence-corrected chi connectivity index (χ1v) is 9.49. The molecule has 0 radical (unpaired) electrons. The number of hydrogen-bond acceptors (Lipinski definition) is 3. The molecule has 0 bridgehead atoms. The first-order valence-electron chi connectivity index (χ1n) is 9.49. The molecule has 1 aromatic rings. The lowest BCUT2D eigenvalue weighted by Gasteiger charge is -2.45. The lowest BCUT2D eigenvalue weighted by atomic mass is 9.85. The van der Waals surface area contributed by atoms with Crippen molar-refractivity contribution in [2.45, 2.75) is 56.5 Å². The number of likely N-dealkylation sites (tertiary alicyclic amines) is 2. The summed E-state index contributed by atoms with van der Waals surface area (Å²) in [6, 6.07) is 1.09. The minimum atomic E-state index is 0.128. The Hall–Kier alpha value is -1.56. The van der Waals surface area contributed by atoms with Crippen LogP contribution in [0.1, 0.15) is 50.0 Å². The molecule has 6 nitrogen and oxygen atoms in total. The van der Waals surface area contributed by atoms with E-state index in [4.69, 9.17) is 0 Å². The van der Waals surface area contributed by atoms with E-state index in [0.29, 0.717) is 18.0 Å². The van der Waals surface area contributed by atoms with Crippen LogP contribution >= 0.6 is 0 Å². The maximum absolute atomic E-state index is 12.5. The summed E-state index contributed by atoms with van der Waals surface area (Å²) >= 11 is 0. The molecule has 2 aliphatic heterocycles. The van der Waals surface area contributed by atoms with Gasteiger partial charge in [0.2, 0.25) is 0 Å².